The molecular formula is C12H14BrNO4. The summed E-state index contributed by atoms with van der Waals surface area (Å²) in [6.45, 7) is 0.830. The van der Waals surface area contributed by atoms with Crippen molar-refractivity contribution in [2.45, 2.75) is 12.0 Å². The van der Waals surface area contributed by atoms with E-state index in [2.05, 4.69) is 21.2 Å². The van der Waals surface area contributed by atoms with Crippen molar-refractivity contribution >= 4 is 21.8 Å². The highest BCUT2D eigenvalue weighted by atomic mass is 79.9. The minimum atomic E-state index is -0.999. The summed E-state index contributed by atoms with van der Waals surface area (Å²) in [5.74, 6) is -0.517. The number of phenolic OH excluding ortho intramolecular Hbond substituents is 1. The first-order valence-electron chi connectivity index (χ1n) is 5.57. The summed E-state index contributed by atoms with van der Waals surface area (Å²) in [6.07, 6.45) is 0.500. The van der Waals surface area contributed by atoms with Crippen molar-refractivity contribution in [3.63, 3.8) is 0 Å². The van der Waals surface area contributed by atoms with E-state index in [1.165, 1.54) is 12.1 Å². The molecule has 1 saturated heterocycles. The fourth-order valence-electron chi connectivity index (χ4n) is 1.77. The van der Waals surface area contributed by atoms with Crippen LogP contribution in [0, 0.1) is 0 Å². The second-order valence-electron chi connectivity index (χ2n) is 4.37. The molecule has 1 aromatic carbocycles. The number of ether oxygens (including phenoxy) is 1. The van der Waals surface area contributed by atoms with Crippen LogP contribution in [0.4, 0.5) is 0 Å². The number of benzene rings is 1. The van der Waals surface area contributed by atoms with Gasteiger partial charge in [0.25, 0.3) is 5.91 Å². The summed E-state index contributed by atoms with van der Waals surface area (Å²) in [5.41, 5.74) is -0.818. The maximum absolute atomic E-state index is 11.8. The molecule has 1 unspecified atom stereocenters. The van der Waals surface area contributed by atoms with Gasteiger partial charge in [0.05, 0.1) is 12.2 Å². The van der Waals surface area contributed by atoms with E-state index in [0.29, 0.717) is 17.5 Å². The van der Waals surface area contributed by atoms with Gasteiger partial charge in [0, 0.05) is 24.0 Å². The number of phenols is 1. The van der Waals surface area contributed by atoms with Crippen molar-refractivity contribution in [3.8, 4) is 5.75 Å². The molecule has 1 aromatic rings. The fraction of sp³-hybridized carbons (Fsp3) is 0.417. The van der Waals surface area contributed by atoms with Crippen LogP contribution in [-0.2, 0) is 4.74 Å². The molecule has 0 bridgehead atoms. The average molecular weight is 316 g/mol. The maximum atomic E-state index is 11.8. The number of carbonyl (C=O) groups excluding carboxylic acids is 1. The van der Waals surface area contributed by atoms with Gasteiger partial charge in [-0.15, -0.1) is 0 Å². The zero-order chi connectivity index (χ0) is 13.2. The number of aliphatic hydroxyl groups is 1. The fourth-order valence-corrected chi connectivity index (χ4v) is 2.12. The van der Waals surface area contributed by atoms with E-state index in [0.717, 1.165) is 0 Å². The summed E-state index contributed by atoms with van der Waals surface area (Å²) in [7, 11) is 0. The van der Waals surface area contributed by atoms with Gasteiger partial charge >= 0.3 is 0 Å². The monoisotopic (exact) mass is 315 g/mol. The van der Waals surface area contributed by atoms with Crippen LogP contribution in [-0.4, -0.2) is 41.5 Å². The standard InChI is InChI=1S/C12H14BrNO4/c13-8-1-2-9(10(15)5-8)11(16)14-6-12(17)3-4-18-7-12/h1-2,5,15,17H,3-4,6-7H2,(H,14,16). The lowest BCUT2D eigenvalue weighted by atomic mass is 10.0. The van der Waals surface area contributed by atoms with Crippen LogP contribution in [0.3, 0.4) is 0 Å². The van der Waals surface area contributed by atoms with Gasteiger partial charge in [-0.3, -0.25) is 4.79 Å². The quantitative estimate of drug-likeness (QED) is 0.778. The van der Waals surface area contributed by atoms with Gasteiger partial charge in [-0.2, -0.15) is 0 Å². The molecule has 1 atom stereocenters. The average Bonchev–Trinajstić information content (AvgIpc) is 2.74. The third kappa shape index (κ3) is 3.01. The normalized spacial score (nSPS) is 23.0. The zero-order valence-corrected chi connectivity index (χ0v) is 11.2. The third-order valence-corrected chi connectivity index (χ3v) is 3.36. The molecule has 0 saturated carbocycles. The van der Waals surface area contributed by atoms with Gasteiger partial charge in [0.1, 0.15) is 11.4 Å². The summed E-state index contributed by atoms with van der Waals surface area (Å²) in [4.78, 5) is 11.8. The van der Waals surface area contributed by atoms with Crippen molar-refractivity contribution in [1.82, 2.24) is 5.32 Å². The molecule has 1 heterocycles. The Hall–Kier alpha value is -1.11. The van der Waals surface area contributed by atoms with E-state index in [4.69, 9.17) is 4.74 Å². The lowest BCUT2D eigenvalue weighted by molar-refractivity contribution is 0.0264. The third-order valence-electron chi connectivity index (χ3n) is 2.86. The van der Waals surface area contributed by atoms with Crippen molar-refractivity contribution in [2.75, 3.05) is 19.8 Å². The van der Waals surface area contributed by atoms with Gasteiger partial charge in [-0.05, 0) is 18.2 Å². The van der Waals surface area contributed by atoms with Crippen molar-refractivity contribution in [1.29, 1.82) is 0 Å². The summed E-state index contributed by atoms with van der Waals surface area (Å²) < 4.78 is 5.77. The van der Waals surface area contributed by atoms with Gasteiger partial charge in [0.2, 0.25) is 0 Å². The highest BCUT2D eigenvalue weighted by Gasteiger charge is 2.32. The highest BCUT2D eigenvalue weighted by molar-refractivity contribution is 9.10. The topological polar surface area (TPSA) is 78.8 Å². The Labute approximate surface area is 113 Å². The van der Waals surface area contributed by atoms with E-state index in [1.807, 2.05) is 0 Å². The lowest BCUT2D eigenvalue weighted by Crippen LogP contribution is -2.43. The maximum Gasteiger partial charge on any atom is 0.255 e. The molecule has 6 heteroatoms. The number of carbonyl (C=O) groups is 1. The Kier molecular flexibility index (Phi) is 3.89. The van der Waals surface area contributed by atoms with Crippen LogP contribution >= 0.6 is 15.9 Å². The largest absolute Gasteiger partial charge is 0.507 e. The van der Waals surface area contributed by atoms with Gasteiger partial charge in [-0.25, -0.2) is 0 Å². The number of aromatic hydroxyl groups is 1. The molecule has 1 fully saturated rings. The molecule has 3 N–H and O–H groups in total. The Morgan fingerprint density at radius 3 is 2.94 bits per heavy atom. The first-order valence-corrected chi connectivity index (χ1v) is 6.36. The number of nitrogens with one attached hydrogen (secondary N) is 1. The predicted octanol–water partition coefficient (Wildman–Crippen LogP) is 1.04. The molecule has 2 rings (SSSR count). The van der Waals surface area contributed by atoms with Crippen LogP contribution in [0.25, 0.3) is 0 Å². The van der Waals surface area contributed by atoms with E-state index >= 15 is 0 Å². The molecule has 0 aromatic heterocycles. The smallest absolute Gasteiger partial charge is 0.255 e. The Bertz CT molecular complexity index is 457. The highest BCUT2D eigenvalue weighted by Crippen LogP contribution is 2.22. The first kappa shape index (κ1) is 13.3. The van der Waals surface area contributed by atoms with Crippen molar-refractivity contribution in [3.05, 3.63) is 28.2 Å². The van der Waals surface area contributed by atoms with Crippen molar-refractivity contribution in [2.24, 2.45) is 0 Å². The zero-order valence-electron chi connectivity index (χ0n) is 9.65. The number of halogens is 1. The van der Waals surface area contributed by atoms with Crippen molar-refractivity contribution < 1.29 is 19.7 Å². The minimum absolute atomic E-state index is 0.100. The Balaban J connectivity index is 1.99. The SMILES string of the molecule is O=C(NCC1(O)CCOC1)c1ccc(Br)cc1O. The van der Waals surface area contributed by atoms with Crippen LogP contribution in [0.2, 0.25) is 0 Å². The molecular weight excluding hydrogens is 302 g/mol. The number of rotatable bonds is 3. The van der Waals surface area contributed by atoms with Crippen LogP contribution in [0.5, 0.6) is 5.75 Å². The van der Waals surface area contributed by atoms with E-state index < -0.39 is 11.5 Å². The minimum Gasteiger partial charge on any atom is -0.507 e. The molecule has 1 aliphatic rings. The number of hydrogen-bond donors (Lipinski definition) is 3. The summed E-state index contributed by atoms with van der Waals surface area (Å²) in [5, 5.41) is 22.2. The van der Waals surface area contributed by atoms with Crippen LogP contribution < -0.4 is 5.32 Å². The molecule has 0 aliphatic carbocycles. The number of hydrogen-bond acceptors (Lipinski definition) is 4. The second kappa shape index (κ2) is 5.26. The van der Waals surface area contributed by atoms with Crippen LogP contribution in [0.15, 0.2) is 22.7 Å². The molecule has 0 spiro atoms. The molecule has 18 heavy (non-hydrogen) atoms. The van der Waals surface area contributed by atoms with Gasteiger partial charge in [0.15, 0.2) is 0 Å². The van der Waals surface area contributed by atoms with E-state index in [-0.39, 0.29) is 24.5 Å². The molecule has 0 radical (unpaired) electrons. The number of amides is 1. The summed E-state index contributed by atoms with van der Waals surface area (Å²) in [6, 6.07) is 4.63. The van der Waals surface area contributed by atoms with E-state index in [1.54, 1.807) is 6.07 Å². The molecule has 5 nitrogen and oxygen atoms in total. The van der Waals surface area contributed by atoms with E-state index in [9.17, 15) is 15.0 Å². The molecule has 98 valence electrons. The van der Waals surface area contributed by atoms with Crippen LogP contribution in [0.1, 0.15) is 16.8 Å². The second-order valence-corrected chi connectivity index (χ2v) is 5.29. The molecule has 1 amide bonds. The van der Waals surface area contributed by atoms with Gasteiger partial charge < -0.3 is 20.3 Å². The Morgan fingerprint density at radius 1 is 1.56 bits per heavy atom. The lowest BCUT2D eigenvalue weighted by Gasteiger charge is -2.20. The first-order chi connectivity index (χ1) is 8.50. The van der Waals surface area contributed by atoms with Gasteiger partial charge in [-0.1, -0.05) is 15.9 Å². The predicted molar refractivity (Wildman–Crippen MR) is 68.5 cm³/mol. The Morgan fingerprint density at radius 2 is 2.33 bits per heavy atom. The molecule has 1 aliphatic heterocycles. The summed E-state index contributed by atoms with van der Waals surface area (Å²) >= 11 is 3.20.